The first kappa shape index (κ1) is 9.99. The Hall–Kier alpha value is -1.54. The van der Waals surface area contributed by atoms with Crippen molar-refractivity contribution in [3.63, 3.8) is 0 Å². The van der Waals surface area contributed by atoms with E-state index in [0.29, 0.717) is 16.3 Å². The van der Waals surface area contributed by atoms with E-state index in [4.69, 9.17) is 11.6 Å². The Morgan fingerprint density at radius 1 is 1.27 bits per heavy atom. The van der Waals surface area contributed by atoms with Crippen LogP contribution in [0.3, 0.4) is 0 Å². The molecule has 0 aliphatic rings. The molecule has 2 nitrogen and oxygen atoms in total. The minimum Gasteiger partial charge on any atom is -0.359 e. The van der Waals surface area contributed by atoms with Gasteiger partial charge in [-0.2, -0.15) is 0 Å². The maximum atomic E-state index is 12.0. The average Bonchev–Trinajstić information content (AvgIpc) is 2.74. The molecular formula is C12H10ClNO. The molecule has 0 aliphatic carbocycles. The van der Waals surface area contributed by atoms with Gasteiger partial charge in [0.1, 0.15) is 0 Å². The van der Waals surface area contributed by atoms with Gasteiger partial charge in [0.15, 0.2) is 0 Å². The monoisotopic (exact) mass is 219 g/mol. The van der Waals surface area contributed by atoms with Gasteiger partial charge in [0, 0.05) is 16.8 Å². The van der Waals surface area contributed by atoms with Crippen LogP contribution >= 0.6 is 11.6 Å². The lowest BCUT2D eigenvalue weighted by Gasteiger charge is -2.04. The predicted octanol–water partition coefficient (Wildman–Crippen LogP) is 3.21. The zero-order chi connectivity index (χ0) is 10.8. The lowest BCUT2D eigenvalue weighted by Crippen LogP contribution is -2.04. The first-order valence-electron chi connectivity index (χ1n) is 4.63. The van der Waals surface area contributed by atoms with Gasteiger partial charge in [-0.1, -0.05) is 23.7 Å². The Balaban J connectivity index is 2.47. The molecule has 1 aromatic carbocycles. The highest BCUT2D eigenvalue weighted by Crippen LogP contribution is 2.20. The van der Waals surface area contributed by atoms with Gasteiger partial charge in [-0.05, 0) is 30.7 Å². The van der Waals surface area contributed by atoms with E-state index in [1.54, 1.807) is 36.5 Å². The van der Waals surface area contributed by atoms with Crippen LogP contribution < -0.4 is 0 Å². The van der Waals surface area contributed by atoms with Gasteiger partial charge < -0.3 is 4.98 Å². The van der Waals surface area contributed by atoms with E-state index >= 15 is 0 Å². The molecule has 15 heavy (non-hydrogen) atoms. The summed E-state index contributed by atoms with van der Waals surface area (Å²) in [6.07, 6.45) is 1.73. The molecule has 0 amide bonds. The molecule has 76 valence electrons. The fraction of sp³-hybridized carbons (Fsp3) is 0.0833. The lowest BCUT2D eigenvalue weighted by molar-refractivity contribution is 0.103. The van der Waals surface area contributed by atoms with Crippen molar-refractivity contribution in [2.75, 3.05) is 0 Å². The molecule has 0 atom stereocenters. The van der Waals surface area contributed by atoms with Crippen LogP contribution in [0.25, 0.3) is 0 Å². The van der Waals surface area contributed by atoms with Crippen LogP contribution in [0.1, 0.15) is 21.6 Å². The summed E-state index contributed by atoms with van der Waals surface area (Å²) in [5, 5.41) is 0.618. The van der Waals surface area contributed by atoms with E-state index in [1.807, 2.05) is 6.92 Å². The van der Waals surface area contributed by atoms with Crippen LogP contribution in [0.5, 0.6) is 0 Å². The maximum absolute atomic E-state index is 12.0. The summed E-state index contributed by atoms with van der Waals surface area (Å²) >= 11 is 5.96. The fourth-order valence-corrected chi connectivity index (χ4v) is 1.64. The highest BCUT2D eigenvalue weighted by molar-refractivity contribution is 6.32. The van der Waals surface area contributed by atoms with Crippen molar-refractivity contribution >= 4 is 17.4 Å². The third kappa shape index (κ3) is 1.81. The normalized spacial score (nSPS) is 10.3. The summed E-state index contributed by atoms with van der Waals surface area (Å²) in [6.45, 7) is 1.85. The molecule has 0 bridgehead atoms. The Bertz CT molecular complexity index is 488. The second-order valence-corrected chi connectivity index (χ2v) is 3.73. The average molecular weight is 220 g/mol. The number of carbonyl (C=O) groups is 1. The summed E-state index contributed by atoms with van der Waals surface area (Å²) < 4.78 is 0. The van der Waals surface area contributed by atoms with E-state index in [2.05, 4.69) is 4.98 Å². The molecule has 0 saturated carbocycles. The minimum absolute atomic E-state index is 0.0278. The number of nitrogens with one attached hydrogen (secondary N) is 1. The SMILES string of the molecule is Cc1c(Cl)cccc1C(=O)c1ccc[nH]1. The number of rotatable bonds is 2. The van der Waals surface area contributed by atoms with Crippen LogP contribution in [-0.4, -0.2) is 10.8 Å². The number of halogens is 1. The number of hydrogen-bond donors (Lipinski definition) is 1. The van der Waals surface area contributed by atoms with Gasteiger partial charge in [0.25, 0.3) is 0 Å². The van der Waals surface area contributed by atoms with Gasteiger partial charge >= 0.3 is 0 Å². The summed E-state index contributed by atoms with van der Waals surface area (Å²) in [7, 11) is 0. The van der Waals surface area contributed by atoms with Crippen molar-refractivity contribution in [3.05, 3.63) is 58.4 Å². The van der Waals surface area contributed by atoms with Crippen molar-refractivity contribution in [2.45, 2.75) is 6.92 Å². The highest BCUT2D eigenvalue weighted by atomic mass is 35.5. The van der Waals surface area contributed by atoms with Gasteiger partial charge in [-0.3, -0.25) is 4.79 Å². The molecule has 3 heteroatoms. The molecule has 2 rings (SSSR count). The van der Waals surface area contributed by atoms with Crippen molar-refractivity contribution < 1.29 is 4.79 Å². The largest absolute Gasteiger partial charge is 0.359 e. The first-order chi connectivity index (χ1) is 7.20. The molecular weight excluding hydrogens is 210 g/mol. The third-order valence-corrected chi connectivity index (χ3v) is 2.76. The lowest BCUT2D eigenvalue weighted by atomic mass is 10.0. The molecule has 1 N–H and O–H groups in total. The van der Waals surface area contributed by atoms with E-state index in [9.17, 15) is 4.79 Å². The summed E-state index contributed by atoms with van der Waals surface area (Å²) in [6, 6.07) is 8.90. The van der Waals surface area contributed by atoms with Crippen molar-refractivity contribution in [1.29, 1.82) is 0 Å². The van der Waals surface area contributed by atoms with Crippen molar-refractivity contribution in [3.8, 4) is 0 Å². The Morgan fingerprint density at radius 2 is 2.07 bits per heavy atom. The number of aromatic nitrogens is 1. The first-order valence-corrected chi connectivity index (χ1v) is 5.01. The quantitative estimate of drug-likeness (QED) is 0.773. The second-order valence-electron chi connectivity index (χ2n) is 3.33. The summed E-state index contributed by atoms with van der Waals surface area (Å²) in [5.41, 5.74) is 2.05. The van der Waals surface area contributed by atoms with Crippen LogP contribution in [0.2, 0.25) is 5.02 Å². The van der Waals surface area contributed by atoms with E-state index in [0.717, 1.165) is 5.56 Å². The number of carbonyl (C=O) groups excluding carboxylic acids is 1. The Kier molecular flexibility index (Phi) is 2.60. The molecule has 2 aromatic rings. The number of ketones is 1. The number of hydrogen-bond acceptors (Lipinski definition) is 1. The minimum atomic E-state index is -0.0278. The predicted molar refractivity (Wildman–Crippen MR) is 60.4 cm³/mol. The van der Waals surface area contributed by atoms with Gasteiger partial charge in [0.2, 0.25) is 5.78 Å². The van der Waals surface area contributed by atoms with Crippen LogP contribution in [0, 0.1) is 6.92 Å². The Labute approximate surface area is 92.9 Å². The molecule has 0 saturated heterocycles. The summed E-state index contributed by atoms with van der Waals surface area (Å²) in [5.74, 6) is -0.0278. The highest BCUT2D eigenvalue weighted by Gasteiger charge is 2.13. The van der Waals surface area contributed by atoms with E-state index < -0.39 is 0 Å². The van der Waals surface area contributed by atoms with Crippen molar-refractivity contribution in [1.82, 2.24) is 4.98 Å². The molecule has 0 unspecified atom stereocenters. The molecule has 0 radical (unpaired) electrons. The number of benzene rings is 1. The van der Waals surface area contributed by atoms with E-state index in [1.165, 1.54) is 0 Å². The fourth-order valence-electron chi connectivity index (χ4n) is 1.47. The van der Waals surface area contributed by atoms with E-state index in [-0.39, 0.29) is 5.78 Å². The second kappa shape index (κ2) is 3.91. The zero-order valence-electron chi connectivity index (χ0n) is 8.25. The topological polar surface area (TPSA) is 32.9 Å². The molecule has 0 spiro atoms. The number of aromatic amines is 1. The smallest absolute Gasteiger partial charge is 0.209 e. The van der Waals surface area contributed by atoms with Crippen LogP contribution in [0.4, 0.5) is 0 Å². The van der Waals surface area contributed by atoms with Crippen LogP contribution in [-0.2, 0) is 0 Å². The zero-order valence-corrected chi connectivity index (χ0v) is 9.01. The molecule has 0 fully saturated rings. The Morgan fingerprint density at radius 3 is 2.73 bits per heavy atom. The maximum Gasteiger partial charge on any atom is 0.209 e. The number of H-pyrrole nitrogens is 1. The molecule has 0 aliphatic heterocycles. The molecule has 1 heterocycles. The molecule has 1 aromatic heterocycles. The third-order valence-electron chi connectivity index (χ3n) is 2.35. The standard InChI is InChI=1S/C12H10ClNO/c1-8-9(4-2-5-10(8)13)12(15)11-6-3-7-14-11/h2-7,14H,1H3. The van der Waals surface area contributed by atoms with Crippen LogP contribution in [0.15, 0.2) is 36.5 Å². The van der Waals surface area contributed by atoms with Gasteiger partial charge in [-0.25, -0.2) is 0 Å². The van der Waals surface area contributed by atoms with Crippen molar-refractivity contribution in [2.24, 2.45) is 0 Å². The summed E-state index contributed by atoms with van der Waals surface area (Å²) in [4.78, 5) is 14.9. The van der Waals surface area contributed by atoms with Gasteiger partial charge in [0.05, 0.1) is 5.69 Å². The van der Waals surface area contributed by atoms with Gasteiger partial charge in [-0.15, -0.1) is 0 Å².